The van der Waals surface area contributed by atoms with Gasteiger partial charge in [0, 0.05) is 16.7 Å². The third kappa shape index (κ3) is 3.38. The molecule has 2 atom stereocenters. The van der Waals surface area contributed by atoms with E-state index < -0.39 is 0 Å². The summed E-state index contributed by atoms with van der Waals surface area (Å²) in [6.45, 7) is 2.18. The fraction of sp³-hybridized carbons (Fsp3) is 0.667. The van der Waals surface area contributed by atoms with Crippen molar-refractivity contribution in [3.63, 3.8) is 0 Å². The smallest absolute Gasteiger partial charge is 0.357 e. The number of carbonyl (C=O) groups excluding carboxylic acids is 1. The van der Waals surface area contributed by atoms with Crippen molar-refractivity contribution < 1.29 is 9.53 Å². The van der Waals surface area contributed by atoms with Gasteiger partial charge >= 0.3 is 5.97 Å². The lowest BCUT2D eigenvalue weighted by atomic mass is 10.3. The van der Waals surface area contributed by atoms with Gasteiger partial charge in [0.25, 0.3) is 0 Å². The maximum Gasteiger partial charge on any atom is 0.357 e. The van der Waals surface area contributed by atoms with Gasteiger partial charge in [-0.05, 0) is 32.4 Å². The largest absolute Gasteiger partial charge is 0.461 e. The minimum atomic E-state index is -0.338. The van der Waals surface area contributed by atoms with Gasteiger partial charge in [0.2, 0.25) is 0 Å². The highest BCUT2D eigenvalue weighted by Crippen LogP contribution is 2.30. The Hall–Kier alpha value is -0.750. The van der Waals surface area contributed by atoms with Crippen LogP contribution in [0.15, 0.2) is 5.38 Å². The SMILES string of the molecule is CCOC(=O)c1csc(NC2CCC(SC)C2)n1. The van der Waals surface area contributed by atoms with E-state index in [1.807, 2.05) is 11.8 Å². The number of carbonyl (C=O) groups is 1. The molecule has 1 saturated carbocycles. The predicted molar refractivity (Wildman–Crippen MR) is 76.6 cm³/mol. The molecule has 0 aromatic carbocycles. The number of thiazole rings is 1. The van der Waals surface area contributed by atoms with E-state index in [0.29, 0.717) is 18.3 Å². The van der Waals surface area contributed by atoms with Crippen LogP contribution in [0.5, 0.6) is 0 Å². The zero-order chi connectivity index (χ0) is 13.0. The Labute approximate surface area is 116 Å². The average Bonchev–Trinajstić information content (AvgIpc) is 2.99. The molecule has 0 bridgehead atoms. The third-order valence-electron chi connectivity index (χ3n) is 3.03. The Morgan fingerprint density at radius 3 is 3.17 bits per heavy atom. The molecule has 0 spiro atoms. The van der Waals surface area contributed by atoms with E-state index in [9.17, 15) is 4.79 Å². The highest BCUT2D eigenvalue weighted by atomic mass is 32.2. The van der Waals surface area contributed by atoms with E-state index in [-0.39, 0.29) is 5.97 Å². The van der Waals surface area contributed by atoms with Crippen LogP contribution in [0.2, 0.25) is 0 Å². The van der Waals surface area contributed by atoms with Crippen molar-refractivity contribution in [1.29, 1.82) is 0 Å². The zero-order valence-electron chi connectivity index (χ0n) is 10.6. The van der Waals surface area contributed by atoms with Crippen LogP contribution in [0.4, 0.5) is 5.13 Å². The number of rotatable bonds is 5. The van der Waals surface area contributed by atoms with Crippen molar-refractivity contribution in [3.8, 4) is 0 Å². The van der Waals surface area contributed by atoms with Crippen LogP contribution >= 0.6 is 23.1 Å². The van der Waals surface area contributed by atoms with E-state index in [2.05, 4.69) is 16.6 Å². The number of hydrogen-bond donors (Lipinski definition) is 1. The predicted octanol–water partition coefficient (Wildman–Crippen LogP) is 3.02. The Kier molecular flexibility index (Phi) is 4.88. The molecule has 4 nitrogen and oxygen atoms in total. The van der Waals surface area contributed by atoms with Crippen molar-refractivity contribution in [2.75, 3.05) is 18.2 Å². The van der Waals surface area contributed by atoms with Gasteiger partial charge < -0.3 is 10.1 Å². The second kappa shape index (κ2) is 6.43. The van der Waals surface area contributed by atoms with Gasteiger partial charge in [-0.2, -0.15) is 11.8 Å². The van der Waals surface area contributed by atoms with Crippen molar-refractivity contribution in [2.24, 2.45) is 0 Å². The highest BCUT2D eigenvalue weighted by Gasteiger charge is 2.24. The summed E-state index contributed by atoms with van der Waals surface area (Å²) in [5.74, 6) is -0.338. The van der Waals surface area contributed by atoms with Gasteiger partial charge in [-0.15, -0.1) is 11.3 Å². The van der Waals surface area contributed by atoms with Gasteiger partial charge in [0.15, 0.2) is 10.8 Å². The van der Waals surface area contributed by atoms with Crippen LogP contribution in [0, 0.1) is 0 Å². The minimum absolute atomic E-state index is 0.338. The normalized spacial score (nSPS) is 23.0. The van der Waals surface area contributed by atoms with Crippen LogP contribution in [0.25, 0.3) is 0 Å². The molecule has 100 valence electrons. The molecule has 1 N–H and O–H groups in total. The molecule has 0 amide bonds. The Balaban J connectivity index is 1.89. The number of anilines is 1. The first kappa shape index (κ1) is 13.7. The summed E-state index contributed by atoms with van der Waals surface area (Å²) in [5.41, 5.74) is 0.406. The number of esters is 1. The number of thioether (sulfide) groups is 1. The molecule has 1 aliphatic carbocycles. The topological polar surface area (TPSA) is 51.2 Å². The second-order valence-corrected chi connectivity index (χ2v) is 6.27. The first-order chi connectivity index (χ1) is 8.72. The van der Waals surface area contributed by atoms with Crippen molar-refractivity contribution >= 4 is 34.2 Å². The van der Waals surface area contributed by atoms with Crippen LogP contribution in [0.1, 0.15) is 36.7 Å². The molecule has 1 aromatic heterocycles. The summed E-state index contributed by atoms with van der Waals surface area (Å²) in [6, 6.07) is 0.489. The van der Waals surface area contributed by atoms with Crippen molar-refractivity contribution in [3.05, 3.63) is 11.1 Å². The van der Waals surface area contributed by atoms with Crippen LogP contribution < -0.4 is 5.32 Å². The number of ether oxygens (including phenoxy) is 1. The van der Waals surface area contributed by atoms with E-state index in [0.717, 1.165) is 10.4 Å². The molecule has 1 aromatic rings. The maximum absolute atomic E-state index is 11.5. The fourth-order valence-electron chi connectivity index (χ4n) is 2.10. The van der Waals surface area contributed by atoms with Crippen LogP contribution in [-0.4, -0.2) is 35.1 Å². The second-order valence-electron chi connectivity index (χ2n) is 4.27. The quantitative estimate of drug-likeness (QED) is 0.843. The summed E-state index contributed by atoms with van der Waals surface area (Å²) in [7, 11) is 0. The summed E-state index contributed by atoms with van der Waals surface area (Å²) < 4.78 is 4.92. The summed E-state index contributed by atoms with van der Waals surface area (Å²) in [6.07, 6.45) is 5.78. The zero-order valence-corrected chi connectivity index (χ0v) is 12.3. The molecular formula is C12H18N2O2S2. The summed E-state index contributed by atoms with van der Waals surface area (Å²) in [4.78, 5) is 15.8. The highest BCUT2D eigenvalue weighted by molar-refractivity contribution is 7.99. The van der Waals surface area contributed by atoms with E-state index >= 15 is 0 Å². The van der Waals surface area contributed by atoms with Crippen LogP contribution in [-0.2, 0) is 4.74 Å². The van der Waals surface area contributed by atoms with Gasteiger partial charge in [-0.1, -0.05) is 0 Å². The number of nitrogens with one attached hydrogen (secondary N) is 1. The molecule has 2 unspecified atom stereocenters. The molecule has 0 radical (unpaired) electrons. The van der Waals surface area contributed by atoms with E-state index in [4.69, 9.17) is 4.74 Å². The molecule has 1 fully saturated rings. The maximum atomic E-state index is 11.5. The minimum Gasteiger partial charge on any atom is -0.461 e. The first-order valence-corrected chi connectivity index (χ1v) is 8.31. The van der Waals surface area contributed by atoms with Gasteiger partial charge in [-0.25, -0.2) is 9.78 Å². The summed E-state index contributed by atoms with van der Waals surface area (Å²) in [5, 5.41) is 6.74. The third-order valence-corrected chi connectivity index (χ3v) is 4.90. The Bertz CT molecular complexity index is 409. The molecule has 18 heavy (non-hydrogen) atoms. The lowest BCUT2D eigenvalue weighted by molar-refractivity contribution is 0.0520. The average molecular weight is 286 g/mol. The molecule has 2 rings (SSSR count). The molecule has 6 heteroatoms. The molecule has 0 aliphatic heterocycles. The Morgan fingerprint density at radius 1 is 1.67 bits per heavy atom. The van der Waals surface area contributed by atoms with Crippen molar-refractivity contribution in [1.82, 2.24) is 4.98 Å². The van der Waals surface area contributed by atoms with Crippen molar-refractivity contribution in [2.45, 2.75) is 37.5 Å². The lowest BCUT2D eigenvalue weighted by Crippen LogP contribution is -2.16. The molecular weight excluding hydrogens is 268 g/mol. The molecule has 0 saturated heterocycles. The van der Waals surface area contributed by atoms with E-state index in [1.54, 1.807) is 12.3 Å². The number of nitrogens with zero attached hydrogens (tertiary/aromatic N) is 1. The molecule has 1 aliphatic rings. The van der Waals surface area contributed by atoms with Gasteiger partial charge in [0.05, 0.1) is 6.61 Å². The summed E-state index contributed by atoms with van der Waals surface area (Å²) >= 11 is 3.40. The van der Waals surface area contributed by atoms with E-state index in [1.165, 1.54) is 30.6 Å². The van der Waals surface area contributed by atoms with Gasteiger partial charge in [-0.3, -0.25) is 0 Å². The molecule has 1 heterocycles. The van der Waals surface area contributed by atoms with Gasteiger partial charge in [0.1, 0.15) is 0 Å². The monoisotopic (exact) mass is 286 g/mol. The van der Waals surface area contributed by atoms with Crippen LogP contribution in [0.3, 0.4) is 0 Å². The number of hydrogen-bond acceptors (Lipinski definition) is 6. The first-order valence-electron chi connectivity index (χ1n) is 6.15. The lowest BCUT2D eigenvalue weighted by Gasteiger charge is -2.10. The Morgan fingerprint density at radius 2 is 2.50 bits per heavy atom. The number of aromatic nitrogens is 1. The fourth-order valence-corrected chi connectivity index (χ4v) is 3.65. The standard InChI is InChI=1S/C12H18N2O2S2/c1-3-16-11(15)10-7-18-12(14-10)13-8-4-5-9(6-8)17-2/h7-9H,3-6H2,1-2H3,(H,13,14).